The van der Waals surface area contributed by atoms with E-state index in [0.29, 0.717) is 12.5 Å². The lowest BCUT2D eigenvalue weighted by molar-refractivity contribution is -0.0748. The Labute approximate surface area is 90.8 Å². The number of nitrogens with zero attached hydrogens (tertiary/aromatic N) is 1. The van der Waals surface area contributed by atoms with E-state index in [2.05, 4.69) is 4.90 Å². The van der Waals surface area contributed by atoms with E-state index in [4.69, 9.17) is 9.84 Å². The summed E-state index contributed by atoms with van der Waals surface area (Å²) in [6.07, 6.45) is 2.82. The molecule has 0 aromatic rings. The van der Waals surface area contributed by atoms with Crippen molar-refractivity contribution in [3.63, 3.8) is 0 Å². The second-order valence-corrected chi connectivity index (χ2v) is 4.68. The first-order valence-corrected chi connectivity index (χ1v) is 5.92. The lowest BCUT2D eigenvalue weighted by atomic mass is 9.94. The summed E-state index contributed by atoms with van der Waals surface area (Å²) >= 11 is 0. The highest BCUT2D eigenvalue weighted by atomic mass is 16.5. The molecule has 2 saturated heterocycles. The van der Waals surface area contributed by atoms with E-state index in [-0.39, 0.29) is 18.8 Å². The maximum absolute atomic E-state index is 9.85. The fourth-order valence-corrected chi connectivity index (χ4v) is 2.69. The second kappa shape index (κ2) is 5.25. The zero-order chi connectivity index (χ0) is 10.7. The summed E-state index contributed by atoms with van der Waals surface area (Å²) in [4.78, 5) is 2.33. The monoisotopic (exact) mass is 215 g/mol. The molecule has 0 spiro atoms. The van der Waals surface area contributed by atoms with Gasteiger partial charge < -0.3 is 14.9 Å². The van der Waals surface area contributed by atoms with E-state index in [1.165, 1.54) is 0 Å². The van der Waals surface area contributed by atoms with Crippen LogP contribution in [0.5, 0.6) is 0 Å². The lowest BCUT2D eigenvalue weighted by Gasteiger charge is -2.41. The Morgan fingerprint density at radius 2 is 2.20 bits per heavy atom. The zero-order valence-corrected chi connectivity index (χ0v) is 9.14. The summed E-state index contributed by atoms with van der Waals surface area (Å²) in [5, 5.41) is 19.0. The Bertz CT molecular complexity index is 200. The van der Waals surface area contributed by atoms with Crippen molar-refractivity contribution in [2.75, 3.05) is 32.9 Å². The molecule has 15 heavy (non-hydrogen) atoms. The first kappa shape index (κ1) is 11.3. The maximum Gasteiger partial charge on any atom is 0.0929 e. The number of rotatable bonds is 2. The van der Waals surface area contributed by atoms with Crippen molar-refractivity contribution in [3.8, 4) is 0 Å². The summed E-state index contributed by atoms with van der Waals surface area (Å²) in [5.41, 5.74) is 0. The average molecular weight is 215 g/mol. The van der Waals surface area contributed by atoms with Gasteiger partial charge in [-0.1, -0.05) is 0 Å². The molecule has 3 unspecified atom stereocenters. The van der Waals surface area contributed by atoms with Crippen LogP contribution < -0.4 is 0 Å². The second-order valence-electron chi connectivity index (χ2n) is 4.68. The highest BCUT2D eigenvalue weighted by Gasteiger charge is 2.32. The van der Waals surface area contributed by atoms with Gasteiger partial charge in [0.15, 0.2) is 0 Å². The molecule has 0 aliphatic carbocycles. The summed E-state index contributed by atoms with van der Waals surface area (Å²) in [6.45, 7) is 3.47. The number of ether oxygens (including phenoxy) is 1. The molecule has 2 aliphatic heterocycles. The molecule has 2 N–H and O–H groups in total. The van der Waals surface area contributed by atoms with Crippen molar-refractivity contribution in [1.82, 2.24) is 4.90 Å². The van der Waals surface area contributed by atoms with Gasteiger partial charge in [0.2, 0.25) is 0 Å². The topological polar surface area (TPSA) is 52.9 Å². The van der Waals surface area contributed by atoms with Crippen molar-refractivity contribution in [1.29, 1.82) is 0 Å². The number of likely N-dealkylation sites (tertiary alicyclic amines) is 1. The Balaban J connectivity index is 1.90. The van der Waals surface area contributed by atoms with Gasteiger partial charge in [-0.25, -0.2) is 0 Å². The van der Waals surface area contributed by atoms with Gasteiger partial charge in [0.1, 0.15) is 0 Å². The zero-order valence-electron chi connectivity index (χ0n) is 9.14. The molecule has 0 aromatic carbocycles. The predicted octanol–water partition coefficient (Wildman–Crippen LogP) is -0.160. The molecule has 0 aromatic heterocycles. The predicted molar refractivity (Wildman–Crippen MR) is 56.6 cm³/mol. The van der Waals surface area contributed by atoms with E-state index < -0.39 is 0 Å². The van der Waals surface area contributed by atoms with Gasteiger partial charge in [-0.05, 0) is 31.7 Å². The third-order valence-corrected chi connectivity index (χ3v) is 3.57. The van der Waals surface area contributed by atoms with Gasteiger partial charge in [-0.2, -0.15) is 0 Å². The normalized spacial score (nSPS) is 39.2. The molecule has 4 nitrogen and oxygen atoms in total. The van der Waals surface area contributed by atoms with Gasteiger partial charge in [-0.3, -0.25) is 4.90 Å². The molecule has 0 amide bonds. The lowest BCUT2D eigenvalue weighted by Crippen LogP contribution is -2.52. The van der Waals surface area contributed by atoms with Crippen LogP contribution in [0.2, 0.25) is 0 Å². The van der Waals surface area contributed by atoms with Gasteiger partial charge in [-0.15, -0.1) is 0 Å². The molecule has 2 aliphatic rings. The Kier molecular flexibility index (Phi) is 3.97. The van der Waals surface area contributed by atoms with Crippen molar-refractivity contribution in [3.05, 3.63) is 0 Å². The van der Waals surface area contributed by atoms with Crippen LogP contribution in [-0.2, 0) is 4.74 Å². The fraction of sp³-hybridized carbons (Fsp3) is 1.00. The molecule has 0 bridgehead atoms. The molecule has 88 valence electrons. The number of hydrogen-bond acceptors (Lipinski definition) is 4. The summed E-state index contributed by atoms with van der Waals surface area (Å²) in [5.74, 6) is 0.397. The molecular formula is C11H21NO3. The third kappa shape index (κ3) is 2.69. The molecule has 4 heteroatoms. The van der Waals surface area contributed by atoms with Gasteiger partial charge in [0.05, 0.1) is 12.7 Å². The quantitative estimate of drug-likeness (QED) is 0.672. The fourth-order valence-electron chi connectivity index (χ4n) is 2.69. The Morgan fingerprint density at radius 1 is 1.33 bits per heavy atom. The minimum atomic E-state index is -0.351. The van der Waals surface area contributed by atoms with Gasteiger partial charge >= 0.3 is 0 Å². The molecular weight excluding hydrogens is 194 g/mol. The molecule has 2 rings (SSSR count). The van der Waals surface area contributed by atoms with E-state index in [9.17, 15) is 5.11 Å². The largest absolute Gasteiger partial charge is 0.396 e. The minimum Gasteiger partial charge on any atom is -0.396 e. The number of aliphatic hydroxyl groups excluding tert-OH is 2. The molecule has 0 radical (unpaired) electrons. The molecule has 3 atom stereocenters. The van der Waals surface area contributed by atoms with Crippen molar-refractivity contribution in [2.24, 2.45) is 5.92 Å². The van der Waals surface area contributed by atoms with E-state index >= 15 is 0 Å². The van der Waals surface area contributed by atoms with Crippen LogP contribution in [0.25, 0.3) is 0 Å². The minimum absolute atomic E-state index is 0.244. The molecule has 2 fully saturated rings. The van der Waals surface area contributed by atoms with Crippen molar-refractivity contribution < 1.29 is 14.9 Å². The van der Waals surface area contributed by atoms with Crippen LogP contribution in [0.15, 0.2) is 0 Å². The van der Waals surface area contributed by atoms with Crippen LogP contribution in [0, 0.1) is 5.92 Å². The summed E-state index contributed by atoms with van der Waals surface area (Å²) in [7, 11) is 0. The summed E-state index contributed by atoms with van der Waals surface area (Å²) in [6, 6.07) is 0.244. The van der Waals surface area contributed by atoms with Crippen LogP contribution in [0.3, 0.4) is 0 Å². The van der Waals surface area contributed by atoms with Crippen LogP contribution >= 0.6 is 0 Å². The standard InChI is InChI=1S/C11H21NO3/c13-7-9-2-1-4-12(6-9)10-3-5-15-8-11(10)14/h9-11,13-14H,1-8H2. The first-order chi connectivity index (χ1) is 7.31. The first-order valence-electron chi connectivity index (χ1n) is 5.92. The smallest absolute Gasteiger partial charge is 0.0929 e. The van der Waals surface area contributed by atoms with Crippen molar-refractivity contribution in [2.45, 2.75) is 31.4 Å². The van der Waals surface area contributed by atoms with E-state index in [1.54, 1.807) is 0 Å². The van der Waals surface area contributed by atoms with Crippen LogP contribution in [-0.4, -0.2) is 60.2 Å². The Morgan fingerprint density at radius 3 is 2.93 bits per heavy atom. The highest BCUT2D eigenvalue weighted by molar-refractivity contribution is 4.85. The van der Waals surface area contributed by atoms with Crippen molar-refractivity contribution >= 4 is 0 Å². The van der Waals surface area contributed by atoms with E-state index in [0.717, 1.165) is 39.0 Å². The average Bonchev–Trinajstić information content (AvgIpc) is 2.30. The Hall–Kier alpha value is -0.160. The van der Waals surface area contributed by atoms with E-state index in [1.807, 2.05) is 0 Å². The number of aliphatic hydroxyl groups is 2. The van der Waals surface area contributed by atoms with Crippen LogP contribution in [0.4, 0.5) is 0 Å². The summed E-state index contributed by atoms with van der Waals surface area (Å²) < 4.78 is 5.23. The number of hydrogen-bond donors (Lipinski definition) is 2. The van der Waals surface area contributed by atoms with Gasteiger partial charge in [0, 0.05) is 25.8 Å². The molecule has 0 saturated carbocycles. The SMILES string of the molecule is OCC1CCCN(C2CCOCC2O)C1. The molecule has 2 heterocycles. The third-order valence-electron chi connectivity index (χ3n) is 3.57. The highest BCUT2D eigenvalue weighted by Crippen LogP contribution is 2.22. The van der Waals surface area contributed by atoms with Crippen LogP contribution in [0.1, 0.15) is 19.3 Å². The maximum atomic E-state index is 9.85. The van der Waals surface area contributed by atoms with Gasteiger partial charge in [0.25, 0.3) is 0 Å². The number of piperidine rings is 1.